The number of hydrogen-bond donors (Lipinski definition) is 2. The third-order valence-electron chi connectivity index (χ3n) is 8.50. The van der Waals surface area contributed by atoms with Crippen LogP contribution in [0.3, 0.4) is 0 Å². The van der Waals surface area contributed by atoms with Gasteiger partial charge in [-0.25, -0.2) is 4.57 Å². The third kappa shape index (κ3) is 37.8. The second-order valence-electron chi connectivity index (χ2n) is 13.5. The smallest absolute Gasteiger partial charge is 0.462 e. The number of unbranched alkanes of at least 4 members (excludes halogenated alkanes) is 19. The van der Waals surface area contributed by atoms with E-state index < -0.39 is 32.5 Å². The number of carbonyl (C=O) groups excluding carboxylic acids is 2. The van der Waals surface area contributed by atoms with Gasteiger partial charge in [0.25, 0.3) is 0 Å². The summed E-state index contributed by atoms with van der Waals surface area (Å²) in [7, 11) is -4.38. The number of allylic oxidation sites excluding steroid dienone is 6. The fourth-order valence-corrected chi connectivity index (χ4v) is 6.19. The first-order valence-corrected chi connectivity index (χ1v) is 22.0. The molecule has 3 N–H and O–H groups in total. The molecular weight excluding hydrogens is 665 g/mol. The van der Waals surface area contributed by atoms with Gasteiger partial charge in [-0.15, -0.1) is 0 Å². The molecule has 9 nitrogen and oxygen atoms in total. The molecular formula is C41H76NO8P. The van der Waals surface area contributed by atoms with Crippen LogP contribution in [0.2, 0.25) is 0 Å². The molecule has 0 aromatic heterocycles. The van der Waals surface area contributed by atoms with Gasteiger partial charge < -0.3 is 20.1 Å². The van der Waals surface area contributed by atoms with Crippen LogP contribution < -0.4 is 5.73 Å². The molecule has 0 radical (unpaired) electrons. The van der Waals surface area contributed by atoms with Crippen molar-refractivity contribution in [2.75, 3.05) is 26.4 Å². The van der Waals surface area contributed by atoms with Gasteiger partial charge in [0.1, 0.15) is 6.61 Å². The lowest BCUT2D eigenvalue weighted by molar-refractivity contribution is -0.161. The first-order valence-electron chi connectivity index (χ1n) is 20.5. The van der Waals surface area contributed by atoms with E-state index in [0.29, 0.717) is 12.8 Å². The molecule has 2 atom stereocenters. The Kier molecular flexibility index (Phi) is 36.7. The van der Waals surface area contributed by atoms with Crippen molar-refractivity contribution in [3.63, 3.8) is 0 Å². The standard InChI is InChI=1S/C41H76NO8P/c1-3-5-7-9-11-13-15-17-19-21-23-25-27-29-31-33-40(43)47-37-39(38-49-51(45,46)48-36-35-42)50-41(44)34-32-30-28-26-24-22-20-18-16-14-12-10-8-6-4-2/h17-20,23,25,39H,3-16,21-22,24,26-38,42H2,1-2H3,(H,45,46)/b19-17+,20-18+,25-23+/t39-/m1/s1. The summed E-state index contributed by atoms with van der Waals surface area (Å²) < 4.78 is 32.7. The molecule has 0 rings (SSSR count). The van der Waals surface area contributed by atoms with Crippen molar-refractivity contribution in [3.05, 3.63) is 36.5 Å². The number of esters is 2. The second kappa shape index (κ2) is 38.0. The highest BCUT2D eigenvalue weighted by molar-refractivity contribution is 7.47. The molecule has 0 aliphatic heterocycles. The Bertz CT molecular complexity index is 939. The SMILES string of the molecule is CCCCCCCC/C=C/C/C=C/CCCCC(=O)OC[C@H](COP(=O)(O)OCCN)OC(=O)CCCCCCC/C=C/CCCCCCCC. The number of nitrogens with two attached hydrogens (primary N) is 1. The predicted octanol–water partition coefficient (Wildman–Crippen LogP) is 11.4. The van der Waals surface area contributed by atoms with Gasteiger partial charge in [0.2, 0.25) is 0 Å². The zero-order valence-electron chi connectivity index (χ0n) is 32.6. The van der Waals surface area contributed by atoms with E-state index >= 15 is 0 Å². The van der Waals surface area contributed by atoms with Crippen LogP contribution >= 0.6 is 7.82 Å². The lowest BCUT2D eigenvalue weighted by atomic mass is 10.1. The maximum Gasteiger partial charge on any atom is 0.472 e. The van der Waals surface area contributed by atoms with Crippen molar-refractivity contribution in [2.24, 2.45) is 5.73 Å². The van der Waals surface area contributed by atoms with Crippen molar-refractivity contribution in [3.8, 4) is 0 Å². The van der Waals surface area contributed by atoms with Gasteiger partial charge in [0.15, 0.2) is 6.10 Å². The minimum Gasteiger partial charge on any atom is -0.462 e. The monoisotopic (exact) mass is 742 g/mol. The van der Waals surface area contributed by atoms with Crippen LogP contribution in [0.15, 0.2) is 36.5 Å². The molecule has 10 heteroatoms. The summed E-state index contributed by atoms with van der Waals surface area (Å²) in [5.74, 6) is -0.876. The average molecular weight is 742 g/mol. The normalized spacial score (nSPS) is 13.7. The van der Waals surface area contributed by atoms with Crippen LogP contribution in [-0.2, 0) is 32.7 Å². The van der Waals surface area contributed by atoms with Gasteiger partial charge in [-0.1, -0.05) is 134 Å². The molecule has 0 heterocycles. The molecule has 51 heavy (non-hydrogen) atoms. The van der Waals surface area contributed by atoms with Crippen LogP contribution in [0.1, 0.15) is 181 Å². The summed E-state index contributed by atoms with van der Waals surface area (Å²) in [6, 6.07) is 0. The largest absolute Gasteiger partial charge is 0.472 e. The lowest BCUT2D eigenvalue weighted by Gasteiger charge is -2.19. The summed E-state index contributed by atoms with van der Waals surface area (Å²) in [5.41, 5.74) is 5.33. The molecule has 0 aliphatic carbocycles. The quantitative estimate of drug-likeness (QED) is 0.0274. The zero-order valence-corrected chi connectivity index (χ0v) is 33.5. The maximum atomic E-state index is 12.5. The van der Waals surface area contributed by atoms with Gasteiger partial charge in [0, 0.05) is 19.4 Å². The zero-order chi connectivity index (χ0) is 37.5. The van der Waals surface area contributed by atoms with Gasteiger partial charge in [-0.05, 0) is 70.6 Å². The first-order chi connectivity index (χ1) is 24.8. The maximum absolute atomic E-state index is 12.5. The Labute approximate surface area is 312 Å². The summed E-state index contributed by atoms with van der Waals surface area (Å²) in [4.78, 5) is 34.8. The Hall–Kier alpha value is -1.77. The second-order valence-corrected chi connectivity index (χ2v) is 14.9. The van der Waals surface area contributed by atoms with Gasteiger partial charge in [0.05, 0.1) is 13.2 Å². The summed E-state index contributed by atoms with van der Waals surface area (Å²) in [6.07, 6.45) is 40.3. The summed E-state index contributed by atoms with van der Waals surface area (Å²) >= 11 is 0. The van der Waals surface area contributed by atoms with Crippen molar-refractivity contribution < 1.29 is 37.6 Å². The number of phosphoric acid groups is 1. The topological polar surface area (TPSA) is 134 Å². The molecule has 0 spiro atoms. The highest BCUT2D eigenvalue weighted by Gasteiger charge is 2.25. The van der Waals surface area contributed by atoms with E-state index in [1.165, 1.54) is 83.5 Å². The Balaban J connectivity index is 4.26. The molecule has 0 saturated heterocycles. The van der Waals surface area contributed by atoms with Crippen molar-refractivity contribution in [1.29, 1.82) is 0 Å². The van der Waals surface area contributed by atoms with E-state index in [-0.39, 0.29) is 32.6 Å². The van der Waals surface area contributed by atoms with Crippen LogP contribution in [0.5, 0.6) is 0 Å². The minimum absolute atomic E-state index is 0.0477. The van der Waals surface area contributed by atoms with Gasteiger partial charge >= 0.3 is 19.8 Å². The van der Waals surface area contributed by atoms with E-state index in [4.69, 9.17) is 24.3 Å². The fourth-order valence-electron chi connectivity index (χ4n) is 5.42. The highest BCUT2D eigenvalue weighted by atomic mass is 31.2. The fraction of sp³-hybridized carbons (Fsp3) is 0.805. The molecule has 0 aromatic rings. The number of ether oxygens (including phenoxy) is 2. The Morgan fingerprint density at radius 1 is 0.588 bits per heavy atom. The predicted molar refractivity (Wildman–Crippen MR) is 210 cm³/mol. The van der Waals surface area contributed by atoms with Crippen molar-refractivity contribution in [2.45, 2.75) is 187 Å². The third-order valence-corrected chi connectivity index (χ3v) is 9.48. The van der Waals surface area contributed by atoms with Crippen LogP contribution in [-0.4, -0.2) is 49.3 Å². The summed E-state index contributed by atoms with van der Waals surface area (Å²) in [6.45, 7) is 3.67. The summed E-state index contributed by atoms with van der Waals surface area (Å²) in [5, 5.41) is 0. The van der Waals surface area contributed by atoms with Crippen LogP contribution in [0.4, 0.5) is 0 Å². The molecule has 0 aromatic carbocycles. The van der Waals surface area contributed by atoms with E-state index in [1.807, 2.05) is 0 Å². The molecule has 0 bridgehead atoms. The van der Waals surface area contributed by atoms with E-state index in [0.717, 1.165) is 57.8 Å². The van der Waals surface area contributed by atoms with Crippen molar-refractivity contribution >= 4 is 19.8 Å². The lowest BCUT2D eigenvalue weighted by Crippen LogP contribution is -2.29. The van der Waals surface area contributed by atoms with Gasteiger partial charge in [-0.2, -0.15) is 0 Å². The van der Waals surface area contributed by atoms with Gasteiger partial charge in [-0.3, -0.25) is 18.6 Å². The number of carbonyl (C=O) groups is 2. The molecule has 0 saturated carbocycles. The molecule has 0 fully saturated rings. The van der Waals surface area contributed by atoms with Crippen LogP contribution in [0, 0.1) is 0 Å². The van der Waals surface area contributed by atoms with Crippen LogP contribution in [0.25, 0.3) is 0 Å². The number of phosphoric ester groups is 1. The Morgan fingerprint density at radius 2 is 1.02 bits per heavy atom. The average Bonchev–Trinajstić information content (AvgIpc) is 3.11. The number of rotatable bonds is 38. The highest BCUT2D eigenvalue weighted by Crippen LogP contribution is 2.43. The molecule has 1 unspecified atom stereocenters. The van der Waals surface area contributed by atoms with E-state index in [9.17, 15) is 19.0 Å². The molecule has 0 amide bonds. The molecule has 0 aliphatic rings. The van der Waals surface area contributed by atoms with E-state index in [1.54, 1.807) is 0 Å². The van der Waals surface area contributed by atoms with Crippen molar-refractivity contribution in [1.82, 2.24) is 0 Å². The number of hydrogen-bond acceptors (Lipinski definition) is 8. The molecule has 298 valence electrons. The van der Waals surface area contributed by atoms with E-state index in [2.05, 4.69) is 50.3 Å². The first kappa shape index (κ1) is 49.2. The Morgan fingerprint density at radius 3 is 1.55 bits per heavy atom. The minimum atomic E-state index is -4.38.